The van der Waals surface area contributed by atoms with E-state index in [1.54, 1.807) is 20.1 Å². The summed E-state index contributed by atoms with van der Waals surface area (Å²) < 4.78 is 12.5. The summed E-state index contributed by atoms with van der Waals surface area (Å²) in [4.78, 5) is 25.0. The van der Waals surface area contributed by atoms with Gasteiger partial charge in [0.1, 0.15) is 12.8 Å². The van der Waals surface area contributed by atoms with Gasteiger partial charge in [0.15, 0.2) is 6.04 Å². The van der Waals surface area contributed by atoms with Crippen molar-refractivity contribution in [3.63, 3.8) is 0 Å². The summed E-state index contributed by atoms with van der Waals surface area (Å²) in [7, 11) is 1.58. The molecule has 0 saturated carbocycles. The lowest BCUT2D eigenvalue weighted by Crippen LogP contribution is -2.50. The van der Waals surface area contributed by atoms with E-state index >= 15 is 0 Å². The molecule has 8 heteroatoms. The molecule has 0 radical (unpaired) electrons. The lowest BCUT2D eigenvalue weighted by molar-refractivity contribution is -0.151. The van der Waals surface area contributed by atoms with Crippen molar-refractivity contribution in [2.45, 2.75) is 58.0 Å². The van der Waals surface area contributed by atoms with Gasteiger partial charge in [-0.3, -0.25) is 4.79 Å². The summed E-state index contributed by atoms with van der Waals surface area (Å²) in [6, 6.07) is 5.31. The maximum Gasteiger partial charge on any atom is 0.331 e. The van der Waals surface area contributed by atoms with Crippen LogP contribution in [-0.2, 0) is 31.2 Å². The average molecular weight is 432 g/mol. The minimum absolute atomic E-state index is 0.104. The monoisotopic (exact) mass is 431 g/mol. The predicted octanol–water partition coefficient (Wildman–Crippen LogP) is 2.14. The molecule has 2 aromatic rings. The molecule has 2 rings (SSSR count). The molecule has 3 atom stereocenters. The molecule has 0 spiro atoms. The molecule has 1 amide bonds. The van der Waals surface area contributed by atoms with Crippen LogP contribution in [0.25, 0.3) is 10.9 Å². The molecule has 1 aromatic carbocycles. The Morgan fingerprint density at radius 2 is 2.00 bits per heavy atom. The number of carbonyl (C=O) groups excluding carboxylic acids is 2. The fraction of sp³-hybridized carbons (Fsp3) is 0.478. The first-order valence-corrected chi connectivity index (χ1v) is 10.2. The molecule has 4 N–H and O–H groups in total. The second-order valence-corrected chi connectivity index (χ2v) is 8.02. The van der Waals surface area contributed by atoms with Crippen LogP contribution in [0.4, 0.5) is 0 Å². The highest BCUT2D eigenvalue weighted by Gasteiger charge is 2.38. The predicted molar refractivity (Wildman–Crippen MR) is 119 cm³/mol. The minimum atomic E-state index is -1.39. The van der Waals surface area contributed by atoms with E-state index in [1.807, 2.05) is 42.7 Å². The van der Waals surface area contributed by atoms with Gasteiger partial charge in [-0.2, -0.15) is 0 Å². The third-order valence-corrected chi connectivity index (χ3v) is 5.25. The van der Waals surface area contributed by atoms with Crippen molar-refractivity contribution in [1.29, 1.82) is 0 Å². The van der Waals surface area contributed by atoms with Crippen LogP contribution in [0.15, 0.2) is 36.9 Å². The van der Waals surface area contributed by atoms with Crippen molar-refractivity contribution in [2.75, 3.05) is 13.7 Å². The van der Waals surface area contributed by atoms with Crippen LogP contribution in [0.5, 0.6) is 0 Å². The van der Waals surface area contributed by atoms with Gasteiger partial charge in [0.05, 0.1) is 18.2 Å². The van der Waals surface area contributed by atoms with Crippen LogP contribution in [0.2, 0.25) is 0 Å². The lowest BCUT2D eigenvalue weighted by atomic mass is 9.83. The number of fused-ring (bicyclic) bond motifs is 1. The van der Waals surface area contributed by atoms with E-state index in [0.717, 1.165) is 16.6 Å². The fourth-order valence-corrected chi connectivity index (χ4v) is 3.63. The second-order valence-electron chi connectivity index (χ2n) is 8.02. The zero-order valence-corrected chi connectivity index (χ0v) is 18.8. The van der Waals surface area contributed by atoms with Crippen molar-refractivity contribution in [3.8, 4) is 0 Å². The third-order valence-electron chi connectivity index (χ3n) is 5.25. The normalized spacial score (nSPS) is 14.7. The number of benzene rings is 1. The molecule has 2 unspecified atom stereocenters. The number of nitrogens with zero attached hydrogens (tertiary/aromatic N) is 1. The first-order chi connectivity index (χ1) is 14.6. The summed E-state index contributed by atoms with van der Waals surface area (Å²) in [5.74, 6) is -1.31. The van der Waals surface area contributed by atoms with Crippen molar-refractivity contribution in [1.82, 2.24) is 9.88 Å². The minimum Gasteiger partial charge on any atom is -0.464 e. The SMILES string of the molecule is C=CC(C)(C)c1c(C(O)C(NC(=O)[C@H](C)N)C(=O)OCC)c2ccccc2n1COC. The number of para-hydroxylation sites is 1. The Morgan fingerprint density at radius 3 is 2.55 bits per heavy atom. The quantitative estimate of drug-likeness (QED) is 0.392. The molecule has 1 aromatic heterocycles. The Labute approximate surface area is 183 Å². The number of methoxy groups -OCH3 is 1. The fourth-order valence-electron chi connectivity index (χ4n) is 3.63. The van der Waals surface area contributed by atoms with Crippen molar-refractivity contribution < 1.29 is 24.2 Å². The van der Waals surface area contributed by atoms with Gasteiger partial charge in [-0.15, -0.1) is 6.58 Å². The van der Waals surface area contributed by atoms with E-state index in [4.69, 9.17) is 15.2 Å². The second kappa shape index (κ2) is 10.1. The van der Waals surface area contributed by atoms with E-state index in [2.05, 4.69) is 11.9 Å². The first-order valence-electron chi connectivity index (χ1n) is 10.2. The molecule has 1 heterocycles. The van der Waals surface area contributed by atoms with Crippen LogP contribution in [0.3, 0.4) is 0 Å². The van der Waals surface area contributed by atoms with Gasteiger partial charge in [-0.1, -0.05) is 38.1 Å². The Kier molecular flexibility index (Phi) is 8.00. The van der Waals surface area contributed by atoms with Crippen LogP contribution in [-0.4, -0.2) is 47.4 Å². The summed E-state index contributed by atoms with van der Waals surface area (Å²) in [6.45, 7) is 11.4. The van der Waals surface area contributed by atoms with Gasteiger partial charge in [-0.05, 0) is 19.9 Å². The molecule has 0 fully saturated rings. The zero-order valence-electron chi connectivity index (χ0n) is 18.8. The van der Waals surface area contributed by atoms with Crippen LogP contribution >= 0.6 is 0 Å². The van der Waals surface area contributed by atoms with E-state index in [1.165, 1.54) is 6.92 Å². The molecule has 0 aliphatic rings. The molecule has 8 nitrogen and oxygen atoms in total. The van der Waals surface area contributed by atoms with Crippen LogP contribution < -0.4 is 11.1 Å². The van der Waals surface area contributed by atoms with Crippen molar-refractivity contribution in [3.05, 3.63) is 48.2 Å². The molecule has 0 saturated heterocycles. The van der Waals surface area contributed by atoms with E-state index in [9.17, 15) is 14.7 Å². The van der Waals surface area contributed by atoms with E-state index < -0.39 is 35.5 Å². The highest BCUT2D eigenvalue weighted by molar-refractivity contribution is 5.90. The van der Waals surface area contributed by atoms with Gasteiger partial charge in [0, 0.05) is 29.2 Å². The molecule has 0 aliphatic heterocycles. The maximum absolute atomic E-state index is 12.7. The molecule has 0 bridgehead atoms. The first kappa shape index (κ1) is 24.6. The number of aliphatic hydroxyl groups excluding tert-OH is 1. The largest absolute Gasteiger partial charge is 0.464 e. The smallest absolute Gasteiger partial charge is 0.331 e. The molecule has 31 heavy (non-hydrogen) atoms. The van der Waals surface area contributed by atoms with Gasteiger partial charge in [0.25, 0.3) is 0 Å². The highest BCUT2D eigenvalue weighted by atomic mass is 16.5. The molecule has 170 valence electrons. The Bertz CT molecular complexity index is 948. The molecular formula is C23H33N3O5. The Balaban J connectivity index is 2.78. The summed E-state index contributed by atoms with van der Waals surface area (Å²) in [5.41, 5.74) is 7.14. The number of hydrogen-bond acceptors (Lipinski definition) is 6. The average Bonchev–Trinajstić information content (AvgIpc) is 3.07. The number of esters is 1. The van der Waals surface area contributed by atoms with Crippen molar-refractivity contribution in [2.24, 2.45) is 5.73 Å². The molecule has 0 aliphatic carbocycles. The number of rotatable bonds is 10. The topological polar surface area (TPSA) is 116 Å². The van der Waals surface area contributed by atoms with Gasteiger partial charge < -0.3 is 30.2 Å². The zero-order chi connectivity index (χ0) is 23.3. The highest BCUT2D eigenvalue weighted by Crippen LogP contribution is 2.40. The van der Waals surface area contributed by atoms with E-state index in [-0.39, 0.29) is 13.3 Å². The van der Waals surface area contributed by atoms with Crippen molar-refractivity contribution >= 4 is 22.8 Å². The molecular weight excluding hydrogens is 398 g/mol. The summed E-state index contributed by atoms with van der Waals surface area (Å²) >= 11 is 0. The number of amides is 1. The number of hydrogen-bond donors (Lipinski definition) is 3. The summed E-state index contributed by atoms with van der Waals surface area (Å²) in [5, 5.41) is 14.8. The Morgan fingerprint density at radius 1 is 1.35 bits per heavy atom. The number of aliphatic hydroxyl groups is 1. The van der Waals surface area contributed by atoms with Gasteiger partial charge in [0.2, 0.25) is 5.91 Å². The number of aromatic nitrogens is 1. The summed E-state index contributed by atoms with van der Waals surface area (Å²) in [6.07, 6.45) is 0.378. The van der Waals surface area contributed by atoms with Crippen LogP contribution in [0, 0.1) is 0 Å². The van der Waals surface area contributed by atoms with Gasteiger partial charge >= 0.3 is 5.97 Å². The maximum atomic E-state index is 12.7. The van der Waals surface area contributed by atoms with Gasteiger partial charge in [-0.25, -0.2) is 4.79 Å². The van der Waals surface area contributed by atoms with Crippen LogP contribution in [0.1, 0.15) is 45.1 Å². The Hall–Kier alpha value is -2.68. The number of nitrogens with one attached hydrogen (secondary N) is 1. The van der Waals surface area contributed by atoms with E-state index in [0.29, 0.717) is 5.56 Å². The lowest BCUT2D eigenvalue weighted by Gasteiger charge is -2.29. The number of ether oxygens (including phenoxy) is 2. The standard InChI is InChI=1S/C23H33N3O5/c1-7-23(4,5)20-17(15-11-9-10-12-16(15)26(20)13-30-6)19(27)18(22(29)31-8-2)25-21(28)14(3)24/h7,9-12,14,18-19,27H,1,8,13,24H2,2-6H3,(H,25,28)/t14-,18?,19?/m0/s1. The number of carbonyl (C=O) groups is 2. The third kappa shape index (κ3) is 4.98. The number of allylic oxidation sites excluding steroid dienone is 1. The number of nitrogens with two attached hydrogens (primary N) is 1.